The highest BCUT2D eigenvalue weighted by atomic mass is 19.1. The minimum atomic E-state index is -0.736. The Bertz CT molecular complexity index is 396. The van der Waals surface area contributed by atoms with Crippen molar-refractivity contribution in [3.8, 4) is 5.75 Å². The Balaban J connectivity index is 2.61. The standard InChI is InChI=1S/C12H17FN2O2/c1-3-6-15-12(16)8(2)17-11-5-4-9(14)7-10(11)13/h4-5,7-8H,3,6,14H2,1-2H3,(H,15,16). The molecule has 0 saturated heterocycles. The molecule has 1 rings (SSSR count). The number of nitrogen functional groups attached to an aromatic ring is 1. The molecule has 0 aliphatic rings. The first kappa shape index (κ1) is 13.3. The Labute approximate surface area is 100.0 Å². The third-order valence-electron chi connectivity index (χ3n) is 2.18. The van der Waals surface area contributed by atoms with Gasteiger partial charge in [-0.25, -0.2) is 4.39 Å². The summed E-state index contributed by atoms with van der Waals surface area (Å²) in [5.74, 6) is -0.804. The molecule has 0 bridgehead atoms. The maximum atomic E-state index is 13.4. The van der Waals surface area contributed by atoms with Crippen LogP contribution in [0.2, 0.25) is 0 Å². The molecule has 0 aliphatic heterocycles. The molecule has 1 aromatic carbocycles. The average Bonchev–Trinajstić information content (AvgIpc) is 2.29. The summed E-state index contributed by atoms with van der Waals surface area (Å²) in [6.45, 7) is 4.10. The molecule has 0 aliphatic carbocycles. The summed E-state index contributed by atoms with van der Waals surface area (Å²) in [5, 5.41) is 2.67. The third kappa shape index (κ3) is 3.94. The number of rotatable bonds is 5. The van der Waals surface area contributed by atoms with E-state index < -0.39 is 11.9 Å². The van der Waals surface area contributed by atoms with E-state index in [-0.39, 0.29) is 11.7 Å². The van der Waals surface area contributed by atoms with Crippen LogP contribution in [0.15, 0.2) is 18.2 Å². The highest BCUT2D eigenvalue weighted by molar-refractivity contribution is 5.80. The van der Waals surface area contributed by atoms with Gasteiger partial charge in [-0.05, 0) is 25.5 Å². The van der Waals surface area contributed by atoms with Gasteiger partial charge >= 0.3 is 0 Å². The van der Waals surface area contributed by atoms with Gasteiger partial charge < -0.3 is 15.8 Å². The molecule has 94 valence electrons. The van der Waals surface area contributed by atoms with E-state index in [1.165, 1.54) is 12.1 Å². The molecule has 0 radical (unpaired) electrons. The van der Waals surface area contributed by atoms with Crippen molar-refractivity contribution >= 4 is 11.6 Å². The fourth-order valence-corrected chi connectivity index (χ4v) is 1.25. The van der Waals surface area contributed by atoms with Gasteiger partial charge in [-0.2, -0.15) is 0 Å². The second-order valence-corrected chi connectivity index (χ2v) is 3.74. The van der Waals surface area contributed by atoms with Crippen molar-refractivity contribution in [2.75, 3.05) is 12.3 Å². The van der Waals surface area contributed by atoms with Crippen LogP contribution in [-0.4, -0.2) is 18.6 Å². The van der Waals surface area contributed by atoms with E-state index in [9.17, 15) is 9.18 Å². The first-order chi connectivity index (χ1) is 8.04. The Kier molecular flexibility index (Phi) is 4.75. The zero-order valence-electron chi connectivity index (χ0n) is 10.00. The summed E-state index contributed by atoms with van der Waals surface area (Å²) in [6.07, 6.45) is 0.106. The molecule has 5 heteroatoms. The number of carbonyl (C=O) groups excluding carboxylic acids is 1. The molecule has 4 nitrogen and oxygen atoms in total. The first-order valence-corrected chi connectivity index (χ1v) is 5.54. The van der Waals surface area contributed by atoms with E-state index in [1.54, 1.807) is 6.92 Å². The van der Waals surface area contributed by atoms with Crippen LogP contribution in [0.25, 0.3) is 0 Å². The Hall–Kier alpha value is -1.78. The molecule has 0 spiro atoms. The molecule has 0 aromatic heterocycles. The molecule has 1 atom stereocenters. The van der Waals surface area contributed by atoms with Crippen LogP contribution in [-0.2, 0) is 4.79 Å². The SMILES string of the molecule is CCCNC(=O)C(C)Oc1ccc(N)cc1F. The minimum Gasteiger partial charge on any atom is -0.478 e. The maximum Gasteiger partial charge on any atom is 0.260 e. The molecule has 1 aromatic rings. The number of amides is 1. The van der Waals surface area contributed by atoms with E-state index in [4.69, 9.17) is 10.5 Å². The number of hydrogen-bond donors (Lipinski definition) is 2. The number of benzene rings is 1. The Morgan fingerprint density at radius 1 is 1.59 bits per heavy atom. The summed E-state index contributed by atoms with van der Waals surface area (Å²) in [4.78, 5) is 11.5. The highest BCUT2D eigenvalue weighted by Crippen LogP contribution is 2.20. The number of nitrogens with two attached hydrogens (primary N) is 1. The number of anilines is 1. The van der Waals surface area contributed by atoms with Crippen molar-refractivity contribution in [2.24, 2.45) is 0 Å². The Morgan fingerprint density at radius 3 is 2.88 bits per heavy atom. The van der Waals surface area contributed by atoms with Gasteiger partial charge in [0.05, 0.1) is 0 Å². The van der Waals surface area contributed by atoms with Crippen molar-refractivity contribution in [3.63, 3.8) is 0 Å². The third-order valence-corrected chi connectivity index (χ3v) is 2.18. The van der Waals surface area contributed by atoms with Crippen molar-refractivity contribution < 1.29 is 13.9 Å². The Morgan fingerprint density at radius 2 is 2.29 bits per heavy atom. The van der Waals surface area contributed by atoms with Crippen molar-refractivity contribution in [1.82, 2.24) is 5.32 Å². The molecular weight excluding hydrogens is 223 g/mol. The maximum absolute atomic E-state index is 13.4. The van der Waals surface area contributed by atoms with Crippen LogP contribution in [0.3, 0.4) is 0 Å². The molecule has 0 saturated carbocycles. The van der Waals surface area contributed by atoms with Gasteiger partial charge in [-0.3, -0.25) is 4.79 Å². The average molecular weight is 240 g/mol. The number of hydrogen-bond acceptors (Lipinski definition) is 3. The quantitative estimate of drug-likeness (QED) is 0.770. The number of halogens is 1. The molecule has 0 fully saturated rings. The number of ether oxygens (including phenoxy) is 1. The van der Waals surface area contributed by atoms with Crippen LogP contribution in [0, 0.1) is 5.82 Å². The zero-order chi connectivity index (χ0) is 12.8. The zero-order valence-corrected chi connectivity index (χ0v) is 10.00. The van der Waals surface area contributed by atoms with Gasteiger partial charge in [0.2, 0.25) is 0 Å². The lowest BCUT2D eigenvalue weighted by molar-refractivity contribution is -0.127. The predicted octanol–water partition coefficient (Wildman–Crippen LogP) is 1.70. The predicted molar refractivity (Wildman–Crippen MR) is 64.2 cm³/mol. The topological polar surface area (TPSA) is 64.3 Å². The van der Waals surface area contributed by atoms with Crippen LogP contribution in [0.5, 0.6) is 5.75 Å². The highest BCUT2D eigenvalue weighted by Gasteiger charge is 2.15. The summed E-state index contributed by atoms with van der Waals surface area (Å²) in [5.41, 5.74) is 5.73. The number of nitrogens with one attached hydrogen (secondary N) is 1. The van der Waals surface area contributed by atoms with E-state index in [1.807, 2.05) is 6.92 Å². The van der Waals surface area contributed by atoms with E-state index in [0.717, 1.165) is 12.5 Å². The summed E-state index contributed by atoms with van der Waals surface area (Å²) in [7, 11) is 0. The fraction of sp³-hybridized carbons (Fsp3) is 0.417. The lowest BCUT2D eigenvalue weighted by Gasteiger charge is -2.15. The van der Waals surface area contributed by atoms with E-state index in [0.29, 0.717) is 12.2 Å². The molecule has 1 unspecified atom stereocenters. The normalized spacial score (nSPS) is 11.9. The summed E-state index contributed by atoms with van der Waals surface area (Å²) >= 11 is 0. The van der Waals surface area contributed by atoms with Crippen molar-refractivity contribution in [3.05, 3.63) is 24.0 Å². The first-order valence-electron chi connectivity index (χ1n) is 5.54. The van der Waals surface area contributed by atoms with Gasteiger partial charge in [0.1, 0.15) is 0 Å². The molecule has 0 heterocycles. The smallest absolute Gasteiger partial charge is 0.260 e. The lowest BCUT2D eigenvalue weighted by Crippen LogP contribution is -2.36. The van der Waals surface area contributed by atoms with Gasteiger partial charge in [-0.1, -0.05) is 6.92 Å². The molecule has 3 N–H and O–H groups in total. The molecular formula is C12H17FN2O2. The second-order valence-electron chi connectivity index (χ2n) is 3.74. The van der Waals surface area contributed by atoms with Gasteiger partial charge in [-0.15, -0.1) is 0 Å². The summed E-state index contributed by atoms with van der Waals surface area (Å²) < 4.78 is 18.6. The van der Waals surface area contributed by atoms with Gasteiger partial charge in [0.25, 0.3) is 5.91 Å². The molecule has 17 heavy (non-hydrogen) atoms. The second kappa shape index (κ2) is 6.08. The van der Waals surface area contributed by atoms with Gasteiger partial charge in [0, 0.05) is 18.3 Å². The summed E-state index contributed by atoms with van der Waals surface area (Å²) in [6, 6.07) is 4.09. The van der Waals surface area contributed by atoms with E-state index >= 15 is 0 Å². The van der Waals surface area contributed by atoms with Crippen molar-refractivity contribution in [1.29, 1.82) is 0 Å². The van der Waals surface area contributed by atoms with Crippen LogP contribution in [0.1, 0.15) is 20.3 Å². The monoisotopic (exact) mass is 240 g/mol. The molecule has 1 amide bonds. The fourth-order valence-electron chi connectivity index (χ4n) is 1.25. The number of carbonyl (C=O) groups is 1. The lowest BCUT2D eigenvalue weighted by atomic mass is 10.3. The van der Waals surface area contributed by atoms with E-state index in [2.05, 4.69) is 5.32 Å². The van der Waals surface area contributed by atoms with Crippen LogP contribution in [0.4, 0.5) is 10.1 Å². The van der Waals surface area contributed by atoms with Crippen LogP contribution >= 0.6 is 0 Å². The van der Waals surface area contributed by atoms with Crippen molar-refractivity contribution in [2.45, 2.75) is 26.4 Å². The largest absolute Gasteiger partial charge is 0.478 e. The van der Waals surface area contributed by atoms with Crippen LogP contribution < -0.4 is 15.8 Å². The van der Waals surface area contributed by atoms with Gasteiger partial charge in [0.15, 0.2) is 17.7 Å². The minimum absolute atomic E-state index is 0.0262.